The van der Waals surface area contributed by atoms with E-state index in [-0.39, 0.29) is 12.9 Å². The van der Waals surface area contributed by atoms with E-state index in [1.807, 2.05) is 43.3 Å². The summed E-state index contributed by atoms with van der Waals surface area (Å²) in [5, 5.41) is 4.00. The maximum absolute atomic E-state index is 5.86. The smallest absolute Gasteiger partial charge is 0.231 e. The number of methoxy groups -OCH3 is 1. The number of aryl methyl sites for hydroxylation is 1. The van der Waals surface area contributed by atoms with Crippen molar-refractivity contribution in [2.75, 3.05) is 32.4 Å². The molecule has 0 aromatic heterocycles. The molecule has 1 fully saturated rings. The van der Waals surface area contributed by atoms with Crippen molar-refractivity contribution in [2.24, 2.45) is 0 Å². The summed E-state index contributed by atoms with van der Waals surface area (Å²) >= 11 is 5.78. The third-order valence-electron chi connectivity index (χ3n) is 5.14. The number of hydrogen-bond acceptors (Lipinski definition) is 5. The van der Waals surface area contributed by atoms with Gasteiger partial charge in [-0.1, -0.05) is 12.1 Å². The van der Waals surface area contributed by atoms with Gasteiger partial charge in [-0.25, -0.2) is 0 Å². The summed E-state index contributed by atoms with van der Waals surface area (Å²) in [4.78, 5) is 2.14. The molecule has 0 aliphatic carbocycles. The number of benzene rings is 2. The van der Waals surface area contributed by atoms with Crippen molar-refractivity contribution in [3.8, 4) is 17.2 Å². The number of anilines is 1. The van der Waals surface area contributed by atoms with Gasteiger partial charge in [-0.3, -0.25) is 0 Å². The second-order valence-corrected chi connectivity index (χ2v) is 7.72. The van der Waals surface area contributed by atoms with Gasteiger partial charge in [-0.05, 0) is 67.4 Å². The molecule has 154 valence electrons. The highest BCUT2D eigenvalue weighted by Crippen LogP contribution is 2.33. The van der Waals surface area contributed by atoms with Gasteiger partial charge in [-0.2, -0.15) is 0 Å². The molecule has 1 atom stereocenters. The monoisotopic (exact) mass is 414 g/mol. The van der Waals surface area contributed by atoms with Gasteiger partial charge in [0, 0.05) is 19.7 Å². The maximum atomic E-state index is 5.86. The van der Waals surface area contributed by atoms with Gasteiger partial charge in [0.1, 0.15) is 5.75 Å². The fourth-order valence-electron chi connectivity index (χ4n) is 3.61. The predicted octanol–water partition coefficient (Wildman–Crippen LogP) is 4.11. The quantitative estimate of drug-likeness (QED) is 0.714. The average Bonchev–Trinajstić information content (AvgIpc) is 3.40. The average molecular weight is 415 g/mol. The molecule has 2 aliphatic heterocycles. The highest BCUT2D eigenvalue weighted by molar-refractivity contribution is 7.80. The van der Waals surface area contributed by atoms with Crippen molar-refractivity contribution >= 4 is 23.0 Å². The van der Waals surface area contributed by atoms with E-state index in [9.17, 15) is 0 Å². The Morgan fingerprint density at radius 2 is 2.07 bits per heavy atom. The SMILES string of the molecule is COc1cc(C)ccc1NC(=S)N(Cc1ccc2c(c1)OCO2)CC1CCCO1. The molecule has 4 rings (SSSR count). The van der Waals surface area contributed by atoms with Crippen LogP contribution in [-0.4, -0.2) is 43.2 Å². The number of thiocarbonyl (C=S) groups is 1. The summed E-state index contributed by atoms with van der Waals surface area (Å²) in [6, 6.07) is 12.0. The second kappa shape index (κ2) is 8.88. The zero-order chi connectivity index (χ0) is 20.2. The van der Waals surface area contributed by atoms with E-state index >= 15 is 0 Å². The largest absolute Gasteiger partial charge is 0.495 e. The summed E-state index contributed by atoms with van der Waals surface area (Å²) in [7, 11) is 1.67. The van der Waals surface area contributed by atoms with Crippen LogP contribution < -0.4 is 19.5 Å². The summed E-state index contributed by atoms with van der Waals surface area (Å²) < 4.78 is 22.3. The van der Waals surface area contributed by atoms with E-state index in [1.54, 1.807) is 7.11 Å². The Kier molecular flexibility index (Phi) is 6.06. The van der Waals surface area contributed by atoms with Gasteiger partial charge in [-0.15, -0.1) is 0 Å². The van der Waals surface area contributed by atoms with Gasteiger partial charge in [0.15, 0.2) is 16.6 Å². The molecular formula is C22H26N2O4S. The zero-order valence-electron chi connectivity index (χ0n) is 16.8. The lowest BCUT2D eigenvalue weighted by molar-refractivity contribution is 0.0905. The summed E-state index contributed by atoms with van der Waals surface area (Å²) in [6.45, 7) is 4.50. The molecule has 6 nitrogen and oxygen atoms in total. The molecule has 1 unspecified atom stereocenters. The van der Waals surface area contributed by atoms with E-state index in [4.69, 9.17) is 31.2 Å². The topological polar surface area (TPSA) is 52.2 Å². The number of nitrogens with one attached hydrogen (secondary N) is 1. The van der Waals surface area contributed by atoms with Crippen molar-refractivity contribution in [1.82, 2.24) is 4.90 Å². The van der Waals surface area contributed by atoms with Crippen LogP contribution in [0.4, 0.5) is 5.69 Å². The Morgan fingerprint density at radius 3 is 2.86 bits per heavy atom. The number of fused-ring (bicyclic) bond motifs is 1. The first-order valence-corrected chi connectivity index (χ1v) is 10.2. The van der Waals surface area contributed by atoms with Crippen LogP contribution in [0.1, 0.15) is 24.0 Å². The summed E-state index contributed by atoms with van der Waals surface area (Å²) in [5.74, 6) is 2.33. The minimum Gasteiger partial charge on any atom is -0.495 e. The van der Waals surface area contributed by atoms with Crippen LogP contribution in [0.5, 0.6) is 17.2 Å². The molecule has 1 N–H and O–H groups in total. The maximum Gasteiger partial charge on any atom is 0.231 e. The van der Waals surface area contributed by atoms with Gasteiger partial charge in [0.25, 0.3) is 0 Å². The lowest BCUT2D eigenvalue weighted by Gasteiger charge is -2.29. The molecule has 2 aromatic carbocycles. The zero-order valence-corrected chi connectivity index (χ0v) is 17.6. The van der Waals surface area contributed by atoms with E-state index in [0.717, 1.165) is 60.1 Å². The van der Waals surface area contributed by atoms with Crippen molar-refractivity contribution in [1.29, 1.82) is 0 Å². The molecule has 2 aromatic rings. The molecule has 29 heavy (non-hydrogen) atoms. The van der Waals surface area contributed by atoms with E-state index in [0.29, 0.717) is 11.7 Å². The van der Waals surface area contributed by atoms with E-state index in [2.05, 4.69) is 10.2 Å². The van der Waals surface area contributed by atoms with Gasteiger partial charge in [0.2, 0.25) is 6.79 Å². The molecular weight excluding hydrogens is 388 g/mol. The van der Waals surface area contributed by atoms with Crippen molar-refractivity contribution < 1.29 is 18.9 Å². The van der Waals surface area contributed by atoms with Crippen molar-refractivity contribution in [2.45, 2.75) is 32.4 Å². The normalized spacial score (nSPS) is 17.2. The molecule has 0 saturated carbocycles. The van der Waals surface area contributed by atoms with Crippen LogP contribution in [0.15, 0.2) is 36.4 Å². The van der Waals surface area contributed by atoms with Crippen LogP contribution in [0.2, 0.25) is 0 Å². The van der Waals surface area contributed by atoms with Gasteiger partial charge >= 0.3 is 0 Å². The standard InChI is InChI=1S/C22H26N2O4S/c1-15-5-7-18(20(10-15)25-2)23-22(29)24(13-17-4-3-9-26-17)12-16-6-8-19-21(11-16)28-14-27-19/h5-8,10-11,17H,3-4,9,12-14H2,1-2H3,(H,23,29). The second-order valence-electron chi connectivity index (χ2n) is 7.34. The van der Waals surface area contributed by atoms with Crippen LogP contribution in [0, 0.1) is 6.92 Å². The summed E-state index contributed by atoms with van der Waals surface area (Å²) in [5.41, 5.74) is 3.09. The van der Waals surface area contributed by atoms with Crippen molar-refractivity contribution in [3.05, 3.63) is 47.5 Å². The lowest BCUT2D eigenvalue weighted by Crippen LogP contribution is -2.39. The number of nitrogens with zero attached hydrogens (tertiary/aromatic N) is 1. The molecule has 0 radical (unpaired) electrons. The third-order valence-corrected chi connectivity index (χ3v) is 5.50. The van der Waals surface area contributed by atoms with Crippen molar-refractivity contribution in [3.63, 3.8) is 0 Å². The lowest BCUT2D eigenvalue weighted by atomic mass is 10.1. The van der Waals surface area contributed by atoms with Crippen LogP contribution in [-0.2, 0) is 11.3 Å². The predicted molar refractivity (Wildman–Crippen MR) is 116 cm³/mol. The van der Waals surface area contributed by atoms with Gasteiger partial charge < -0.3 is 29.2 Å². The van der Waals surface area contributed by atoms with Crippen LogP contribution >= 0.6 is 12.2 Å². The molecule has 0 bridgehead atoms. The first-order chi connectivity index (χ1) is 14.1. The molecule has 2 aliphatic rings. The Hall–Kier alpha value is -2.51. The van der Waals surface area contributed by atoms with Crippen LogP contribution in [0.3, 0.4) is 0 Å². The Labute approximate surface area is 176 Å². The first kappa shape index (κ1) is 19.8. The number of ether oxygens (including phenoxy) is 4. The fraction of sp³-hybridized carbons (Fsp3) is 0.409. The highest BCUT2D eigenvalue weighted by Gasteiger charge is 2.23. The Morgan fingerprint density at radius 1 is 1.21 bits per heavy atom. The molecule has 0 spiro atoms. The van der Waals surface area contributed by atoms with E-state index in [1.165, 1.54) is 0 Å². The molecule has 0 amide bonds. The van der Waals surface area contributed by atoms with Gasteiger partial charge in [0.05, 0.1) is 18.9 Å². The molecule has 7 heteroatoms. The van der Waals surface area contributed by atoms with E-state index < -0.39 is 0 Å². The highest BCUT2D eigenvalue weighted by atomic mass is 32.1. The fourth-order valence-corrected chi connectivity index (χ4v) is 3.86. The minimum atomic E-state index is 0.184. The third kappa shape index (κ3) is 4.74. The Bertz CT molecular complexity index is 883. The number of rotatable bonds is 6. The Balaban J connectivity index is 1.52. The first-order valence-electron chi connectivity index (χ1n) is 9.83. The minimum absolute atomic E-state index is 0.184. The summed E-state index contributed by atoms with van der Waals surface area (Å²) in [6.07, 6.45) is 2.33. The molecule has 1 saturated heterocycles. The molecule has 2 heterocycles. The van der Waals surface area contributed by atoms with Crippen LogP contribution in [0.25, 0.3) is 0 Å². The number of hydrogen-bond donors (Lipinski definition) is 1.